The molecule has 0 aliphatic heterocycles. The number of nitrogens with one attached hydrogen (secondary N) is 1. The summed E-state index contributed by atoms with van der Waals surface area (Å²) in [4.78, 5) is 3.99. The number of halogens is 1. The summed E-state index contributed by atoms with van der Waals surface area (Å²) < 4.78 is 4.80. The van der Waals surface area contributed by atoms with E-state index in [9.17, 15) is 5.11 Å². The topological polar surface area (TPSA) is 92.2 Å². The van der Waals surface area contributed by atoms with Gasteiger partial charge in [-0.3, -0.25) is 5.41 Å². The number of nitrogens with two attached hydrogens (primary N) is 1. The predicted octanol–water partition coefficient (Wildman–Crippen LogP) is 1.52. The molecule has 1 aromatic heterocycles. The molecule has 88 valence electrons. The Labute approximate surface area is 98.7 Å². The van der Waals surface area contributed by atoms with Crippen molar-refractivity contribution in [2.24, 2.45) is 0 Å². The van der Waals surface area contributed by atoms with Crippen LogP contribution in [0.25, 0.3) is 0 Å². The molecule has 1 aromatic rings. The highest BCUT2D eigenvalue weighted by Gasteiger charge is 2.27. The number of anilines is 1. The van der Waals surface area contributed by atoms with E-state index in [1.165, 1.54) is 27.0 Å². The van der Waals surface area contributed by atoms with Crippen LogP contribution in [0.1, 0.15) is 25.1 Å². The van der Waals surface area contributed by atoms with Gasteiger partial charge in [0.2, 0.25) is 5.90 Å². The molecule has 5 nitrogen and oxygen atoms in total. The van der Waals surface area contributed by atoms with Gasteiger partial charge >= 0.3 is 0 Å². The zero-order valence-electron chi connectivity index (χ0n) is 9.34. The summed E-state index contributed by atoms with van der Waals surface area (Å²) in [6, 6.07) is 1.42. The van der Waals surface area contributed by atoms with E-state index in [2.05, 4.69) is 4.98 Å². The van der Waals surface area contributed by atoms with Gasteiger partial charge in [0.05, 0.1) is 18.4 Å². The SMILES string of the molecule is COC(=N)c1c(N)cc(Cl)nc1C(C)(C)O. The van der Waals surface area contributed by atoms with Crippen LogP contribution in [-0.4, -0.2) is 23.1 Å². The fraction of sp³-hybridized carbons (Fsp3) is 0.400. The third-order valence-corrected chi connectivity index (χ3v) is 2.22. The molecule has 0 radical (unpaired) electrons. The lowest BCUT2D eigenvalue weighted by atomic mass is 9.98. The highest BCUT2D eigenvalue weighted by Crippen LogP contribution is 2.28. The van der Waals surface area contributed by atoms with Crippen molar-refractivity contribution in [2.45, 2.75) is 19.4 Å². The van der Waals surface area contributed by atoms with Crippen molar-refractivity contribution in [3.63, 3.8) is 0 Å². The molecule has 0 spiro atoms. The highest BCUT2D eigenvalue weighted by molar-refractivity contribution is 6.29. The third-order valence-electron chi connectivity index (χ3n) is 2.03. The number of hydrogen-bond acceptors (Lipinski definition) is 5. The maximum Gasteiger partial charge on any atom is 0.217 e. The molecule has 1 rings (SSSR count). The first-order chi connectivity index (χ1) is 7.27. The van der Waals surface area contributed by atoms with Crippen molar-refractivity contribution in [1.29, 1.82) is 5.41 Å². The second kappa shape index (κ2) is 4.27. The van der Waals surface area contributed by atoms with Crippen LogP contribution in [0.3, 0.4) is 0 Å². The van der Waals surface area contributed by atoms with Crippen LogP contribution in [-0.2, 0) is 10.3 Å². The summed E-state index contributed by atoms with van der Waals surface area (Å²) in [5.74, 6) is -0.154. The maximum atomic E-state index is 9.93. The number of hydrogen-bond donors (Lipinski definition) is 3. The van der Waals surface area contributed by atoms with Gasteiger partial charge in [0.15, 0.2) is 0 Å². The largest absolute Gasteiger partial charge is 0.481 e. The van der Waals surface area contributed by atoms with Crippen molar-refractivity contribution in [3.8, 4) is 0 Å². The van der Waals surface area contributed by atoms with E-state index >= 15 is 0 Å². The Bertz CT molecular complexity index is 427. The molecule has 0 saturated carbocycles. The fourth-order valence-corrected chi connectivity index (χ4v) is 1.52. The summed E-state index contributed by atoms with van der Waals surface area (Å²) in [6.07, 6.45) is 0. The van der Waals surface area contributed by atoms with Gasteiger partial charge in [-0.1, -0.05) is 11.6 Å². The summed E-state index contributed by atoms with van der Waals surface area (Å²) in [7, 11) is 1.35. The molecule has 1 heterocycles. The van der Waals surface area contributed by atoms with Crippen molar-refractivity contribution in [2.75, 3.05) is 12.8 Å². The number of methoxy groups -OCH3 is 1. The molecule has 0 amide bonds. The number of ether oxygens (including phenoxy) is 1. The number of pyridine rings is 1. The van der Waals surface area contributed by atoms with Crippen LogP contribution < -0.4 is 5.73 Å². The normalized spacial score (nSPS) is 11.3. The van der Waals surface area contributed by atoms with Gasteiger partial charge in [-0.25, -0.2) is 4.98 Å². The molecule has 0 aliphatic rings. The molecule has 0 unspecified atom stereocenters. The maximum absolute atomic E-state index is 9.93. The zero-order chi connectivity index (χ0) is 12.5. The molecule has 0 atom stereocenters. The van der Waals surface area contributed by atoms with Crippen molar-refractivity contribution < 1.29 is 9.84 Å². The fourth-order valence-electron chi connectivity index (χ4n) is 1.32. The van der Waals surface area contributed by atoms with Crippen LogP contribution in [0.15, 0.2) is 6.07 Å². The standard InChI is InChI=1S/C10H14ClN3O2/c1-10(2,15)8-7(9(13)16-3)5(12)4-6(11)14-8/h4,13,15H,1-3H3,(H2,12,14). The number of aromatic nitrogens is 1. The Morgan fingerprint density at radius 3 is 2.62 bits per heavy atom. The molecule has 16 heavy (non-hydrogen) atoms. The van der Waals surface area contributed by atoms with Crippen molar-refractivity contribution in [1.82, 2.24) is 4.98 Å². The van der Waals surface area contributed by atoms with Crippen molar-refractivity contribution in [3.05, 3.63) is 22.5 Å². The minimum atomic E-state index is -1.25. The Balaban J connectivity index is 3.51. The lowest BCUT2D eigenvalue weighted by Gasteiger charge is -2.21. The molecule has 0 saturated heterocycles. The summed E-state index contributed by atoms with van der Waals surface area (Å²) in [5.41, 5.74) is 5.23. The minimum absolute atomic E-state index is 0.154. The van der Waals surface area contributed by atoms with Crippen molar-refractivity contribution >= 4 is 23.2 Å². The monoisotopic (exact) mass is 243 g/mol. The van der Waals surface area contributed by atoms with E-state index < -0.39 is 5.60 Å². The van der Waals surface area contributed by atoms with Gasteiger partial charge in [0, 0.05) is 5.69 Å². The molecular formula is C10H14ClN3O2. The number of nitrogens with zero attached hydrogens (tertiary/aromatic N) is 1. The number of nitrogen functional groups attached to an aromatic ring is 1. The second-order valence-corrected chi connectivity index (χ2v) is 4.24. The number of aliphatic hydroxyl groups is 1. The quantitative estimate of drug-likeness (QED) is 0.417. The summed E-state index contributed by atoms with van der Waals surface area (Å²) >= 11 is 5.76. The molecule has 4 N–H and O–H groups in total. The number of rotatable bonds is 2. The average Bonchev–Trinajstić information content (AvgIpc) is 2.14. The van der Waals surface area contributed by atoms with Crippen LogP contribution in [0.4, 0.5) is 5.69 Å². The van der Waals surface area contributed by atoms with Crippen LogP contribution in [0.2, 0.25) is 5.15 Å². The van der Waals surface area contributed by atoms with Gasteiger partial charge in [0.1, 0.15) is 10.8 Å². The van der Waals surface area contributed by atoms with Crippen LogP contribution in [0, 0.1) is 5.41 Å². The van der Waals surface area contributed by atoms with E-state index in [-0.39, 0.29) is 28.0 Å². The first-order valence-corrected chi connectivity index (χ1v) is 4.97. The summed E-state index contributed by atoms with van der Waals surface area (Å²) in [6.45, 7) is 3.08. The average molecular weight is 244 g/mol. The third kappa shape index (κ3) is 2.43. The van der Waals surface area contributed by atoms with Crippen LogP contribution >= 0.6 is 11.6 Å². The first-order valence-electron chi connectivity index (χ1n) is 4.59. The zero-order valence-corrected chi connectivity index (χ0v) is 10.1. The molecule has 0 bridgehead atoms. The predicted molar refractivity (Wildman–Crippen MR) is 62.7 cm³/mol. The minimum Gasteiger partial charge on any atom is -0.481 e. The molecule has 0 fully saturated rings. The lowest BCUT2D eigenvalue weighted by molar-refractivity contribution is 0.0734. The van der Waals surface area contributed by atoms with Crippen LogP contribution in [0.5, 0.6) is 0 Å². The summed E-state index contributed by atoms with van der Waals surface area (Å²) in [5, 5.41) is 17.7. The lowest BCUT2D eigenvalue weighted by Crippen LogP contribution is -2.24. The highest BCUT2D eigenvalue weighted by atomic mass is 35.5. The van der Waals surface area contributed by atoms with E-state index in [1.54, 1.807) is 0 Å². The molecule has 0 aromatic carbocycles. The molecular weight excluding hydrogens is 230 g/mol. The van der Waals surface area contributed by atoms with Gasteiger partial charge in [-0.15, -0.1) is 0 Å². The van der Waals surface area contributed by atoms with E-state index in [0.717, 1.165) is 0 Å². The smallest absolute Gasteiger partial charge is 0.217 e. The molecule has 0 aliphatic carbocycles. The Morgan fingerprint density at radius 1 is 1.62 bits per heavy atom. The first kappa shape index (κ1) is 12.7. The van der Waals surface area contributed by atoms with E-state index in [4.69, 9.17) is 27.5 Å². The van der Waals surface area contributed by atoms with E-state index in [0.29, 0.717) is 0 Å². The van der Waals surface area contributed by atoms with Gasteiger partial charge in [-0.2, -0.15) is 0 Å². The Kier molecular flexibility index (Phi) is 3.40. The molecule has 6 heteroatoms. The Hall–Kier alpha value is -1.33. The van der Waals surface area contributed by atoms with Gasteiger partial charge < -0.3 is 15.6 Å². The van der Waals surface area contributed by atoms with Gasteiger partial charge in [0.25, 0.3) is 0 Å². The Morgan fingerprint density at radius 2 is 2.19 bits per heavy atom. The van der Waals surface area contributed by atoms with Gasteiger partial charge in [-0.05, 0) is 19.9 Å². The second-order valence-electron chi connectivity index (χ2n) is 3.85. The van der Waals surface area contributed by atoms with E-state index in [1.807, 2.05) is 0 Å².